The Morgan fingerprint density at radius 2 is 1.74 bits per heavy atom. The molecular weight excluding hydrogens is 370 g/mol. The molecule has 0 atom stereocenters. The van der Waals surface area contributed by atoms with Gasteiger partial charge in [0.05, 0.1) is 12.3 Å². The lowest BCUT2D eigenvalue weighted by Crippen LogP contribution is -2.23. The summed E-state index contributed by atoms with van der Waals surface area (Å²) in [5.74, 6) is -1.70. The van der Waals surface area contributed by atoms with Crippen LogP contribution in [0, 0.1) is 0 Å². The monoisotopic (exact) mass is 391 g/mol. The van der Waals surface area contributed by atoms with Crippen molar-refractivity contribution in [1.29, 1.82) is 0 Å². The molecule has 1 aromatic heterocycles. The van der Waals surface area contributed by atoms with E-state index in [-0.39, 0.29) is 18.1 Å². The molecule has 27 heavy (non-hydrogen) atoms. The zero-order valence-corrected chi connectivity index (χ0v) is 16.0. The van der Waals surface area contributed by atoms with Gasteiger partial charge in [-0.1, -0.05) is 30.3 Å². The van der Waals surface area contributed by atoms with Gasteiger partial charge in [-0.25, -0.2) is 9.59 Å². The van der Waals surface area contributed by atoms with E-state index in [2.05, 4.69) is 5.32 Å². The average Bonchev–Trinajstić information content (AvgIpc) is 3.09. The number of thiophene rings is 1. The van der Waals surface area contributed by atoms with Crippen molar-refractivity contribution in [3.63, 3.8) is 0 Å². The van der Waals surface area contributed by atoms with Gasteiger partial charge in [0.2, 0.25) is 0 Å². The third-order valence-corrected chi connectivity index (χ3v) is 4.48. The molecule has 0 bridgehead atoms. The molecule has 0 spiro atoms. The molecule has 1 aromatic carbocycles. The molecule has 0 aliphatic rings. The maximum absolute atomic E-state index is 12.2. The molecule has 2 aromatic rings. The van der Waals surface area contributed by atoms with E-state index in [0.717, 1.165) is 10.4 Å². The molecule has 0 unspecified atom stereocenters. The lowest BCUT2D eigenvalue weighted by Gasteiger charge is -2.07. The summed E-state index contributed by atoms with van der Waals surface area (Å²) in [4.78, 5) is 36.8. The fourth-order valence-corrected chi connectivity index (χ4v) is 3.15. The van der Waals surface area contributed by atoms with Crippen molar-refractivity contribution in [2.45, 2.75) is 13.8 Å². The van der Waals surface area contributed by atoms with Crippen LogP contribution in [0.4, 0.5) is 5.69 Å². The van der Waals surface area contributed by atoms with Crippen LogP contribution < -0.4 is 5.32 Å². The minimum Gasteiger partial charge on any atom is -0.462 e. The number of esters is 2. The van der Waals surface area contributed by atoms with Crippen molar-refractivity contribution in [3.8, 4) is 10.4 Å². The molecule has 1 heterocycles. The molecule has 0 saturated carbocycles. The van der Waals surface area contributed by atoms with Gasteiger partial charge in [-0.05, 0) is 25.5 Å². The van der Waals surface area contributed by atoms with Crippen LogP contribution in [0.5, 0.6) is 0 Å². The Morgan fingerprint density at radius 3 is 2.41 bits per heavy atom. The van der Waals surface area contributed by atoms with Crippen LogP contribution in [0.3, 0.4) is 0 Å². The molecular formula is C19H21NO6S. The Kier molecular flexibility index (Phi) is 7.97. The van der Waals surface area contributed by atoms with Crippen LogP contribution in [0.15, 0.2) is 36.4 Å². The van der Waals surface area contributed by atoms with Crippen LogP contribution in [-0.4, -0.2) is 44.3 Å². The van der Waals surface area contributed by atoms with Crippen LogP contribution in [-0.2, 0) is 23.8 Å². The van der Waals surface area contributed by atoms with Crippen molar-refractivity contribution < 1.29 is 28.6 Å². The number of nitrogens with one attached hydrogen (secondary N) is 1. The maximum atomic E-state index is 12.2. The number of carbonyl (C=O) groups is 3. The van der Waals surface area contributed by atoms with Crippen LogP contribution >= 0.6 is 11.3 Å². The van der Waals surface area contributed by atoms with E-state index in [4.69, 9.17) is 14.2 Å². The standard InChI is InChI=1S/C19H21NO6S/c1-3-24-12-17(22)26-11-16(21)20-14-10-15(13-8-6-5-7-9-13)27-18(14)19(23)25-4-2/h5-10H,3-4,11-12H2,1-2H3,(H,20,21). The minimum absolute atomic E-state index is 0.214. The zero-order valence-electron chi connectivity index (χ0n) is 15.2. The molecule has 2 rings (SSSR count). The molecule has 0 aliphatic carbocycles. The molecule has 1 amide bonds. The van der Waals surface area contributed by atoms with E-state index in [1.54, 1.807) is 19.9 Å². The molecule has 0 aliphatic heterocycles. The fourth-order valence-electron chi connectivity index (χ4n) is 2.14. The first kappa shape index (κ1) is 20.6. The highest BCUT2D eigenvalue weighted by atomic mass is 32.1. The van der Waals surface area contributed by atoms with Gasteiger partial charge < -0.3 is 19.5 Å². The third kappa shape index (κ3) is 6.19. The summed E-state index contributed by atoms with van der Waals surface area (Å²) < 4.78 is 14.8. The normalized spacial score (nSPS) is 10.3. The van der Waals surface area contributed by atoms with Gasteiger partial charge in [0.15, 0.2) is 6.61 Å². The van der Waals surface area contributed by atoms with Gasteiger partial charge in [0.25, 0.3) is 5.91 Å². The summed E-state index contributed by atoms with van der Waals surface area (Å²) in [7, 11) is 0. The summed E-state index contributed by atoms with van der Waals surface area (Å²) >= 11 is 1.22. The minimum atomic E-state index is -0.632. The first-order valence-corrected chi connectivity index (χ1v) is 9.26. The number of rotatable bonds is 9. The Morgan fingerprint density at radius 1 is 1.00 bits per heavy atom. The predicted octanol–water partition coefficient (Wildman–Crippen LogP) is 3.11. The van der Waals surface area contributed by atoms with Crippen molar-refractivity contribution in [2.24, 2.45) is 0 Å². The molecule has 0 saturated heterocycles. The molecule has 7 nitrogen and oxygen atoms in total. The number of carbonyl (C=O) groups excluding carboxylic acids is 3. The highest BCUT2D eigenvalue weighted by Crippen LogP contribution is 2.35. The van der Waals surface area contributed by atoms with E-state index in [1.807, 2.05) is 30.3 Å². The van der Waals surface area contributed by atoms with E-state index >= 15 is 0 Å². The van der Waals surface area contributed by atoms with Crippen molar-refractivity contribution in [2.75, 3.05) is 31.7 Å². The van der Waals surface area contributed by atoms with E-state index in [1.165, 1.54) is 11.3 Å². The summed E-state index contributed by atoms with van der Waals surface area (Å²) in [5, 5.41) is 2.60. The SMILES string of the molecule is CCOCC(=O)OCC(=O)Nc1cc(-c2ccccc2)sc1C(=O)OCC. The van der Waals surface area contributed by atoms with Crippen molar-refractivity contribution in [1.82, 2.24) is 0 Å². The van der Waals surface area contributed by atoms with Gasteiger partial charge in [0, 0.05) is 11.5 Å². The van der Waals surface area contributed by atoms with Gasteiger partial charge in [-0.2, -0.15) is 0 Å². The second-order valence-corrected chi connectivity index (χ2v) is 6.34. The molecule has 144 valence electrons. The van der Waals surface area contributed by atoms with Gasteiger partial charge >= 0.3 is 11.9 Å². The molecule has 8 heteroatoms. The Hall–Kier alpha value is -2.71. The number of anilines is 1. The largest absolute Gasteiger partial charge is 0.462 e. The highest BCUT2D eigenvalue weighted by Gasteiger charge is 2.20. The fraction of sp³-hybridized carbons (Fsp3) is 0.316. The zero-order chi connectivity index (χ0) is 19.6. The van der Waals surface area contributed by atoms with Crippen LogP contribution in [0.2, 0.25) is 0 Å². The van der Waals surface area contributed by atoms with E-state index in [0.29, 0.717) is 12.3 Å². The Labute approximate surface area is 161 Å². The Bertz CT molecular complexity index is 787. The maximum Gasteiger partial charge on any atom is 0.350 e. The lowest BCUT2D eigenvalue weighted by atomic mass is 10.2. The summed E-state index contributed by atoms with van der Waals surface area (Å²) in [6.45, 7) is 3.37. The summed E-state index contributed by atoms with van der Waals surface area (Å²) in [6, 6.07) is 11.2. The molecule has 0 fully saturated rings. The van der Waals surface area contributed by atoms with Gasteiger partial charge in [-0.3, -0.25) is 4.79 Å². The quantitative estimate of drug-likeness (QED) is 0.661. The number of benzene rings is 1. The lowest BCUT2D eigenvalue weighted by molar-refractivity contribution is -0.151. The first-order chi connectivity index (χ1) is 13.0. The van der Waals surface area contributed by atoms with Gasteiger partial charge in [-0.15, -0.1) is 11.3 Å². The van der Waals surface area contributed by atoms with Crippen LogP contribution in [0.25, 0.3) is 10.4 Å². The highest BCUT2D eigenvalue weighted by molar-refractivity contribution is 7.18. The predicted molar refractivity (Wildman–Crippen MR) is 102 cm³/mol. The summed E-state index contributed by atoms with van der Waals surface area (Å²) in [5.41, 5.74) is 1.24. The topological polar surface area (TPSA) is 90.9 Å². The van der Waals surface area contributed by atoms with Gasteiger partial charge in [0.1, 0.15) is 11.5 Å². The third-order valence-electron chi connectivity index (χ3n) is 3.31. The van der Waals surface area contributed by atoms with Crippen LogP contribution in [0.1, 0.15) is 23.5 Å². The number of hydrogen-bond donors (Lipinski definition) is 1. The molecule has 1 N–H and O–H groups in total. The number of ether oxygens (including phenoxy) is 3. The summed E-state index contributed by atoms with van der Waals surface area (Å²) in [6.07, 6.45) is 0. The van der Waals surface area contributed by atoms with E-state index in [9.17, 15) is 14.4 Å². The number of amides is 1. The van der Waals surface area contributed by atoms with E-state index < -0.39 is 24.5 Å². The smallest absolute Gasteiger partial charge is 0.350 e. The number of hydrogen-bond acceptors (Lipinski definition) is 7. The molecule has 0 radical (unpaired) electrons. The first-order valence-electron chi connectivity index (χ1n) is 8.44. The van der Waals surface area contributed by atoms with Crippen molar-refractivity contribution >= 4 is 34.9 Å². The second kappa shape index (κ2) is 10.4. The second-order valence-electron chi connectivity index (χ2n) is 5.29. The average molecular weight is 391 g/mol. The van der Waals surface area contributed by atoms with Crippen molar-refractivity contribution in [3.05, 3.63) is 41.3 Å². The Balaban J connectivity index is 2.11.